The Bertz CT molecular complexity index is 714. The summed E-state index contributed by atoms with van der Waals surface area (Å²) in [5.74, 6) is 1.14. The lowest BCUT2D eigenvalue weighted by atomic mass is 10.1. The summed E-state index contributed by atoms with van der Waals surface area (Å²) < 4.78 is 12.3. The van der Waals surface area contributed by atoms with E-state index >= 15 is 0 Å². The molecule has 2 aromatic rings. The molecule has 0 radical (unpaired) electrons. The molecule has 7 heteroatoms. The Labute approximate surface area is 133 Å². The summed E-state index contributed by atoms with van der Waals surface area (Å²) in [5, 5.41) is 4.74. The van der Waals surface area contributed by atoms with Crippen LogP contribution in [0.4, 0.5) is 0 Å². The van der Waals surface area contributed by atoms with Crippen molar-refractivity contribution < 1.29 is 14.3 Å². The smallest absolute Gasteiger partial charge is 0.254 e. The molecule has 2 heterocycles. The summed E-state index contributed by atoms with van der Waals surface area (Å²) in [6.07, 6.45) is 1.60. The summed E-state index contributed by atoms with van der Waals surface area (Å²) in [7, 11) is 1.73. The Morgan fingerprint density at radius 1 is 1.41 bits per heavy atom. The lowest BCUT2D eigenvalue weighted by Gasteiger charge is -2.18. The van der Waals surface area contributed by atoms with Crippen LogP contribution in [0, 0.1) is 0 Å². The van der Waals surface area contributed by atoms with Gasteiger partial charge < -0.3 is 14.4 Å². The van der Waals surface area contributed by atoms with Gasteiger partial charge in [-0.05, 0) is 25.1 Å². The van der Waals surface area contributed by atoms with Gasteiger partial charge in [0.25, 0.3) is 5.91 Å². The van der Waals surface area contributed by atoms with Gasteiger partial charge >= 0.3 is 0 Å². The van der Waals surface area contributed by atoms with E-state index in [0.29, 0.717) is 35.2 Å². The Balaban J connectivity index is 1.78. The molecule has 116 valence electrons. The van der Waals surface area contributed by atoms with Gasteiger partial charge in [-0.15, -0.1) is 0 Å². The third-order valence-corrected chi connectivity index (χ3v) is 3.87. The third-order valence-electron chi connectivity index (χ3n) is 3.55. The molecule has 0 fully saturated rings. The molecule has 0 saturated heterocycles. The predicted molar refractivity (Wildman–Crippen MR) is 81.3 cm³/mol. The molecule has 1 aromatic carbocycles. The van der Waals surface area contributed by atoms with Crippen molar-refractivity contribution in [3.05, 3.63) is 40.7 Å². The number of ether oxygens (including phenoxy) is 2. The van der Waals surface area contributed by atoms with E-state index in [-0.39, 0.29) is 12.7 Å². The van der Waals surface area contributed by atoms with Gasteiger partial charge in [-0.3, -0.25) is 9.48 Å². The van der Waals surface area contributed by atoms with E-state index in [0.717, 1.165) is 5.69 Å². The van der Waals surface area contributed by atoms with E-state index in [1.807, 2.05) is 6.92 Å². The maximum Gasteiger partial charge on any atom is 0.254 e. The van der Waals surface area contributed by atoms with Gasteiger partial charge in [0, 0.05) is 19.2 Å². The first-order chi connectivity index (χ1) is 10.6. The Kier molecular flexibility index (Phi) is 3.94. The van der Waals surface area contributed by atoms with Crippen LogP contribution in [0.25, 0.3) is 0 Å². The van der Waals surface area contributed by atoms with E-state index in [1.165, 1.54) is 0 Å². The maximum atomic E-state index is 12.5. The molecule has 0 bridgehead atoms. The van der Waals surface area contributed by atoms with E-state index in [4.69, 9.17) is 21.1 Å². The zero-order valence-corrected chi connectivity index (χ0v) is 13.1. The second-order valence-electron chi connectivity index (χ2n) is 4.98. The van der Waals surface area contributed by atoms with Gasteiger partial charge in [0.1, 0.15) is 0 Å². The van der Waals surface area contributed by atoms with Crippen molar-refractivity contribution in [3.8, 4) is 11.5 Å². The van der Waals surface area contributed by atoms with Crippen molar-refractivity contribution in [1.82, 2.24) is 14.7 Å². The highest BCUT2D eigenvalue weighted by Crippen LogP contribution is 2.32. The molecule has 0 atom stereocenters. The number of nitrogens with zero attached hydrogens (tertiary/aromatic N) is 3. The summed E-state index contributed by atoms with van der Waals surface area (Å²) in [4.78, 5) is 14.1. The number of aryl methyl sites for hydroxylation is 1. The number of hydrogen-bond donors (Lipinski definition) is 0. The molecule has 1 amide bonds. The summed E-state index contributed by atoms with van der Waals surface area (Å²) in [5.41, 5.74) is 1.37. The minimum atomic E-state index is -0.113. The average Bonchev–Trinajstić information content (AvgIpc) is 3.13. The molecule has 1 aliphatic rings. The first kappa shape index (κ1) is 14.7. The second-order valence-corrected chi connectivity index (χ2v) is 5.39. The first-order valence-electron chi connectivity index (χ1n) is 6.95. The molecular formula is C15H16ClN3O3. The third kappa shape index (κ3) is 2.62. The number of hydrogen-bond acceptors (Lipinski definition) is 4. The summed E-state index contributed by atoms with van der Waals surface area (Å²) in [6.45, 7) is 3.26. The number of benzene rings is 1. The molecule has 0 aliphatic carbocycles. The monoisotopic (exact) mass is 321 g/mol. The number of rotatable bonds is 4. The normalized spacial score (nSPS) is 12.5. The first-order valence-corrected chi connectivity index (χ1v) is 7.33. The predicted octanol–water partition coefficient (Wildman–Crippen LogP) is 2.56. The number of fused-ring (bicyclic) bond motifs is 1. The molecule has 22 heavy (non-hydrogen) atoms. The average molecular weight is 322 g/mol. The van der Waals surface area contributed by atoms with E-state index < -0.39 is 0 Å². The Morgan fingerprint density at radius 2 is 2.18 bits per heavy atom. The second kappa shape index (κ2) is 5.88. The van der Waals surface area contributed by atoms with Crippen LogP contribution in [0.15, 0.2) is 24.4 Å². The van der Waals surface area contributed by atoms with Gasteiger partial charge in [0.2, 0.25) is 6.79 Å². The number of carbonyl (C=O) groups excluding carboxylic acids is 1. The zero-order chi connectivity index (χ0) is 15.7. The molecular weight excluding hydrogens is 306 g/mol. The molecule has 0 spiro atoms. The standard InChI is InChI=1S/C15H16ClN3O3/c1-3-19-12(11(16)7-17-19)8-18(2)15(20)10-4-5-13-14(6-10)22-9-21-13/h4-7H,3,8-9H2,1-2H3. The molecule has 0 N–H and O–H groups in total. The number of halogens is 1. The van der Waals surface area contributed by atoms with Crippen LogP contribution in [0.3, 0.4) is 0 Å². The van der Waals surface area contributed by atoms with Crippen molar-refractivity contribution in [2.75, 3.05) is 13.8 Å². The highest BCUT2D eigenvalue weighted by molar-refractivity contribution is 6.31. The van der Waals surface area contributed by atoms with Crippen molar-refractivity contribution in [1.29, 1.82) is 0 Å². The van der Waals surface area contributed by atoms with Crippen LogP contribution in [0.1, 0.15) is 23.0 Å². The molecule has 6 nitrogen and oxygen atoms in total. The lowest BCUT2D eigenvalue weighted by molar-refractivity contribution is 0.0781. The molecule has 3 rings (SSSR count). The van der Waals surface area contributed by atoms with Crippen molar-refractivity contribution in [2.24, 2.45) is 0 Å². The largest absolute Gasteiger partial charge is 0.454 e. The van der Waals surface area contributed by atoms with Gasteiger partial charge in [0.05, 0.1) is 23.5 Å². The minimum absolute atomic E-state index is 0.113. The Morgan fingerprint density at radius 3 is 2.95 bits per heavy atom. The van der Waals surface area contributed by atoms with E-state index in [2.05, 4.69) is 5.10 Å². The van der Waals surface area contributed by atoms with Gasteiger partial charge in [0.15, 0.2) is 11.5 Å². The Hall–Kier alpha value is -2.21. The summed E-state index contributed by atoms with van der Waals surface area (Å²) in [6, 6.07) is 5.16. The minimum Gasteiger partial charge on any atom is -0.454 e. The number of amides is 1. The summed E-state index contributed by atoms with van der Waals surface area (Å²) >= 11 is 6.14. The van der Waals surface area contributed by atoms with Crippen LogP contribution < -0.4 is 9.47 Å². The number of carbonyl (C=O) groups is 1. The van der Waals surface area contributed by atoms with E-state index in [9.17, 15) is 4.79 Å². The highest BCUT2D eigenvalue weighted by Gasteiger charge is 2.20. The topological polar surface area (TPSA) is 56.6 Å². The van der Waals surface area contributed by atoms with Crippen LogP contribution in [0.2, 0.25) is 5.02 Å². The highest BCUT2D eigenvalue weighted by atomic mass is 35.5. The quantitative estimate of drug-likeness (QED) is 0.868. The SMILES string of the molecule is CCn1ncc(Cl)c1CN(C)C(=O)c1ccc2c(c1)OCO2. The van der Waals surface area contributed by atoms with Crippen molar-refractivity contribution >= 4 is 17.5 Å². The lowest BCUT2D eigenvalue weighted by Crippen LogP contribution is -2.27. The van der Waals surface area contributed by atoms with Gasteiger partial charge in [-0.1, -0.05) is 11.6 Å². The fourth-order valence-electron chi connectivity index (χ4n) is 2.36. The van der Waals surface area contributed by atoms with Gasteiger partial charge in [-0.25, -0.2) is 0 Å². The number of aromatic nitrogens is 2. The van der Waals surface area contributed by atoms with E-state index in [1.54, 1.807) is 41.0 Å². The fourth-order valence-corrected chi connectivity index (χ4v) is 2.56. The van der Waals surface area contributed by atoms with Crippen LogP contribution in [-0.4, -0.2) is 34.4 Å². The fraction of sp³-hybridized carbons (Fsp3) is 0.333. The van der Waals surface area contributed by atoms with Crippen LogP contribution in [0.5, 0.6) is 11.5 Å². The van der Waals surface area contributed by atoms with Crippen molar-refractivity contribution in [3.63, 3.8) is 0 Å². The van der Waals surface area contributed by atoms with Crippen LogP contribution >= 0.6 is 11.6 Å². The maximum absolute atomic E-state index is 12.5. The van der Waals surface area contributed by atoms with Crippen molar-refractivity contribution in [2.45, 2.75) is 20.0 Å². The molecule has 1 aliphatic heterocycles. The van der Waals surface area contributed by atoms with Gasteiger partial charge in [-0.2, -0.15) is 5.10 Å². The molecule has 0 saturated carbocycles. The molecule has 1 aromatic heterocycles. The van der Waals surface area contributed by atoms with Crippen LogP contribution in [-0.2, 0) is 13.1 Å². The molecule has 0 unspecified atom stereocenters. The zero-order valence-electron chi connectivity index (χ0n) is 12.4.